The Balaban J connectivity index is 1.50. The van der Waals surface area contributed by atoms with Crippen molar-refractivity contribution in [1.29, 1.82) is 0 Å². The normalized spacial score (nSPS) is 17.6. The first-order valence-corrected chi connectivity index (χ1v) is 11.6. The minimum absolute atomic E-state index is 0.579. The van der Waals surface area contributed by atoms with Gasteiger partial charge in [0.15, 0.2) is 0 Å². The smallest absolute Gasteiger partial charge is 0.108 e. The number of furan rings is 2. The molecule has 3 aromatic rings. The standard InChI is InChI=1S/C26H32N2O2/c1-2-8-21(7-1)27-25-18-26(28-22-9-3-4-10-22)20(17-24-12-6-14-30-24)15-19(25)16-23-11-5-13-29-23/h5-6,11-15,18,21-22,27-28H,1-4,7-10,16-17H2. The molecule has 2 aromatic heterocycles. The number of benzene rings is 1. The highest BCUT2D eigenvalue weighted by atomic mass is 16.3. The number of hydrogen-bond donors (Lipinski definition) is 2. The van der Waals surface area contributed by atoms with Crippen LogP contribution in [0.15, 0.2) is 57.8 Å². The first-order chi connectivity index (χ1) is 14.8. The lowest BCUT2D eigenvalue weighted by molar-refractivity contribution is 0.519. The molecule has 0 radical (unpaired) electrons. The van der Waals surface area contributed by atoms with Crippen LogP contribution < -0.4 is 10.6 Å². The van der Waals surface area contributed by atoms with Crippen LogP contribution in [-0.4, -0.2) is 12.1 Å². The maximum absolute atomic E-state index is 5.68. The minimum Gasteiger partial charge on any atom is -0.469 e. The molecular formula is C26H32N2O2. The molecule has 0 atom stereocenters. The Hall–Kier alpha value is -2.62. The summed E-state index contributed by atoms with van der Waals surface area (Å²) in [6, 6.07) is 13.9. The van der Waals surface area contributed by atoms with Gasteiger partial charge < -0.3 is 19.5 Å². The fourth-order valence-corrected chi connectivity index (χ4v) is 5.04. The highest BCUT2D eigenvalue weighted by Crippen LogP contribution is 2.34. The zero-order valence-electron chi connectivity index (χ0n) is 17.7. The van der Waals surface area contributed by atoms with Crippen molar-refractivity contribution in [2.75, 3.05) is 10.6 Å². The van der Waals surface area contributed by atoms with E-state index in [1.165, 1.54) is 73.9 Å². The van der Waals surface area contributed by atoms with Crippen molar-refractivity contribution < 1.29 is 8.83 Å². The molecule has 2 saturated carbocycles. The molecule has 0 bridgehead atoms. The number of rotatable bonds is 8. The van der Waals surface area contributed by atoms with Gasteiger partial charge in [-0.15, -0.1) is 0 Å². The Kier molecular flexibility index (Phi) is 5.82. The molecule has 1 aromatic carbocycles. The van der Waals surface area contributed by atoms with Gasteiger partial charge in [0.25, 0.3) is 0 Å². The van der Waals surface area contributed by atoms with Gasteiger partial charge in [-0.05, 0) is 67.1 Å². The van der Waals surface area contributed by atoms with Gasteiger partial charge in [-0.3, -0.25) is 0 Å². The molecule has 2 aliphatic rings. The molecule has 4 nitrogen and oxygen atoms in total. The van der Waals surface area contributed by atoms with Crippen molar-refractivity contribution in [3.05, 3.63) is 71.6 Å². The molecule has 2 heterocycles. The number of nitrogens with one attached hydrogen (secondary N) is 2. The van der Waals surface area contributed by atoms with Crippen LogP contribution in [0.5, 0.6) is 0 Å². The van der Waals surface area contributed by atoms with E-state index in [1.54, 1.807) is 12.5 Å². The predicted octanol–water partition coefficient (Wildman–Crippen LogP) is 6.76. The van der Waals surface area contributed by atoms with Crippen molar-refractivity contribution in [3.8, 4) is 0 Å². The fourth-order valence-electron chi connectivity index (χ4n) is 5.04. The van der Waals surface area contributed by atoms with Crippen LogP contribution in [-0.2, 0) is 12.8 Å². The molecular weight excluding hydrogens is 372 g/mol. The lowest BCUT2D eigenvalue weighted by atomic mass is 9.98. The van der Waals surface area contributed by atoms with Crippen molar-refractivity contribution in [1.82, 2.24) is 0 Å². The van der Waals surface area contributed by atoms with Crippen molar-refractivity contribution in [3.63, 3.8) is 0 Å². The Labute approximate surface area is 179 Å². The average Bonchev–Trinajstić information content (AvgIpc) is 3.54. The zero-order valence-corrected chi connectivity index (χ0v) is 17.7. The third-order valence-corrected chi connectivity index (χ3v) is 6.65. The van der Waals surface area contributed by atoms with E-state index in [-0.39, 0.29) is 0 Å². The second-order valence-electron chi connectivity index (χ2n) is 8.93. The molecule has 0 unspecified atom stereocenters. The lowest BCUT2D eigenvalue weighted by Gasteiger charge is -2.23. The second kappa shape index (κ2) is 9.03. The highest BCUT2D eigenvalue weighted by Gasteiger charge is 2.21. The summed E-state index contributed by atoms with van der Waals surface area (Å²) in [7, 11) is 0. The molecule has 2 N–H and O–H groups in total. The lowest BCUT2D eigenvalue weighted by Crippen LogP contribution is -2.19. The molecule has 5 rings (SSSR count). The molecule has 0 amide bonds. The summed E-state index contributed by atoms with van der Waals surface area (Å²) in [5, 5.41) is 7.74. The summed E-state index contributed by atoms with van der Waals surface area (Å²) in [5.41, 5.74) is 5.11. The molecule has 158 valence electrons. The molecule has 2 fully saturated rings. The fraction of sp³-hybridized carbons (Fsp3) is 0.462. The molecule has 30 heavy (non-hydrogen) atoms. The van der Waals surface area contributed by atoms with Gasteiger partial charge in [-0.2, -0.15) is 0 Å². The van der Waals surface area contributed by atoms with Gasteiger partial charge in [0.05, 0.1) is 12.5 Å². The zero-order chi connectivity index (χ0) is 20.2. The molecule has 0 aliphatic heterocycles. The van der Waals surface area contributed by atoms with Crippen molar-refractivity contribution in [2.24, 2.45) is 0 Å². The van der Waals surface area contributed by atoms with E-state index in [0.29, 0.717) is 12.1 Å². The number of anilines is 2. The number of hydrogen-bond acceptors (Lipinski definition) is 4. The van der Waals surface area contributed by atoms with Crippen LogP contribution in [0.1, 0.15) is 74.0 Å². The minimum atomic E-state index is 0.579. The van der Waals surface area contributed by atoms with Crippen LogP contribution in [0.4, 0.5) is 11.4 Å². The van der Waals surface area contributed by atoms with E-state index in [1.807, 2.05) is 12.1 Å². The van der Waals surface area contributed by atoms with Crippen LogP contribution in [0, 0.1) is 0 Å². The van der Waals surface area contributed by atoms with Gasteiger partial charge >= 0.3 is 0 Å². The van der Waals surface area contributed by atoms with Crippen LogP contribution in [0.25, 0.3) is 0 Å². The van der Waals surface area contributed by atoms with Gasteiger partial charge in [0, 0.05) is 36.3 Å². The summed E-state index contributed by atoms with van der Waals surface area (Å²) in [5.74, 6) is 2.01. The van der Waals surface area contributed by atoms with Gasteiger partial charge in [0.1, 0.15) is 11.5 Å². The molecule has 0 saturated heterocycles. The van der Waals surface area contributed by atoms with E-state index in [0.717, 1.165) is 24.4 Å². The summed E-state index contributed by atoms with van der Waals surface area (Å²) < 4.78 is 11.4. The molecule has 2 aliphatic carbocycles. The average molecular weight is 405 g/mol. The van der Waals surface area contributed by atoms with E-state index in [9.17, 15) is 0 Å². The largest absolute Gasteiger partial charge is 0.469 e. The third-order valence-electron chi connectivity index (χ3n) is 6.65. The van der Waals surface area contributed by atoms with E-state index >= 15 is 0 Å². The Morgan fingerprint density at radius 2 is 1.13 bits per heavy atom. The SMILES string of the molecule is c1coc(Cc2cc(Cc3ccco3)c(NC3CCCC3)cc2NC2CCCC2)c1. The summed E-state index contributed by atoms with van der Waals surface area (Å²) in [6.45, 7) is 0. The van der Waals surface area contributed by atoms with Gasteiger partial charge in [0.2, 0.25) is 0 Å². The van der Waals surface area contributed by atoms with Crippen molar-refractivity contribution >= 4 is 11.4 Å². The summed E-state index contributed by atoms with van der Waals surface area (Å²) in [4.78, 5) is 0. The van der Waals surface area contributed by atoms with Crippen LogP contribution >= 0.6 is 0 Å². The van der Waals surface area contributed by atoms with Crippen LogP contribution in [0.2, 0.25) is 0 Å². The first kappa shape index (κ1) is 19.3. The highest BCUT2D eigenvalue weighted by molar-refractivity contribution is 5.67. The van der Waals surface area contributed by atoms with Crippen LogP contribution in [0.3, 0.4) is 0 Å². The van der Waals surface area contributed by atoms with Gasteiger partial charge in [-0.1, -0.05) is 31.7 Å². The Bertz CT molecular complexity index is 845. The van der Waals surface area contributed by atoms with Gasteiger partial charge in [-0.25, -0.2) is 0 Å². The molecule has 0 spiro atoms. The Morgan fingerprint density at radius 1 is 0.667 bits per heavy atom. The molecule has 4 heteroatoms. The topological polar surface area (TPSA) is 50.3 Å². The monoisotopic (exact) mass is 404 g/mol. The van der Waals surface area contributed by atoms with E-state index in [4.69, 9.17) is 8.83 Å². The maximum atomic E-state index is 5.68. The maximum Gasteiger partial charge on any atom is 0.108 e. The third kappa shape index (κ3) is 4.58. The summed E-state index contributed by atoms with van der Waals surface area (Å²) >= 11 is 0. The predicted molar refractivity (Wildman–Crippen MR) is 121 cm³/mol. The second-order valence-corrected chi connectivity index (χ2v) is 8.93. The first-order valence-electron chi connectivity index (χ1n) is 11.6. The van der Waals surface area contributed by atoms with E-state index < -0.39 is 0 Å². The van der Waals surface area contributed by atoms with E-state index in [2.05, 4.69) is 34.9 Å². The Morgan fingerprint density at radius 3 is 1.53 bits per heavy atom. The quantitative estimate of drug-likeness (QED) is 0.435. The van der Waals surface area contributed by atoms with Crippen molar-refractivity contribution in [2.45, 2.75) is 76.3 Å². The summed E-state index contributed by atoms with van der Waals surface area (Å²) in [6.07, 6.45) is 15.5.